The molecule has 3 rings (SSSR count). The Morgan fingerprint density at radius 3 is 1.78 bits per heavy atom. The Morgan fingerprint density at radius 1 is 0.741 bits per heavy atom. The molecule has 0 radical (unpaired) electrons. The van der Waals surface area contributed by atoms with Crippen LogP contribution in [0, 0.1) is 10.8 Å². The predicted molar refractivity (Wildman–Crippen MR) is 113 cm³/mol. The molecule has 2 aliphatic carbocycles. The Labute approximate surface area is 166 Å². The van der Waals surface area contributed by atoms with Gasteiger partial charge in [0.05, 0.1) is 0 Å². The molecular weight excluding hydrogens is 332 g/mol. The summed E-state index contributed by atoms with van der Waals surface area (Å²) in [6.07, 6.45) is 18.8. The first-order valence-corrected chi connectivity index (χ1v) is 11.5. The molecule has 2 heteroatoms. The summed E-state index contributed by atoms with van der Waals surface area (Å²) in [7, 11) is 0. The summed E-state index contributed by atoms with van der Waals surface area (Å²) in [6, 6.07) is 4.06. The molecule has 2 N–H and O–H groups in total. The van der Waals surface area contributed by atoms with Crippen molar-refractivity contribution in [3.8, 4) is 11.5 Å². The lowest BCUT2D eigenvalue weighted by molar-refractivity contribution is 0.392. The predicted octanol–water partition coefficient (Wildman–Crippen LogP) is 7.29. The van der Waals surface area contributed by atoms with E-state index in [1.165, 1.54) is 70.6 Å². The molecule has 2 aliphatic rings. The maximum atomic E-state index is 10.4. The van der Waals surface area contributed by atoms with Gasteiger partial charge in [-0.2, -0.15) is 0 Å². The number of hydrogen-bond acceptors (Lipinski definition) is 2. The zero-order valence-corrected chi connectivity index (χ0v) is 17.7. The van der Waals surface area contributed by atoms with E-state index in [1.807, 2.05) is 12.1 Å². The van der Waals surface area contributed by atoms with Crippen molar-refractivity contribution in [3.05, 3.63) is 23.3 Å². The molecule has 2 saturated carbocycles. The fraction of sp³-hybridized carbons (Fsp3) is 0.760. The first-order chi connectivity index (χ1) is 13.0. The lowest BCUT2D eigenvalue weighted by Crippen LogP contribution is -1.97. The number of phenolic OH excluding ortho intramolecular Hbond substituents is 2. The SMILES string of the molecule is CCC1(CCCCCCc2ccc(CCCCC3(C)CC3)c(O)c2O)CC1. The molecule has 0 aromatic heterocycles. The number of rotatable bonds is 13. The highest BCUT2D eigenvalue weighted by molar-refractivity contribution is 5.50. The molecule has 2 fully saturated rings. The minimum absolute atomic E-state index is 0.128. The zero-order chi connectivity index (χ0) is 19.3. The molecule has 27 heavy (non-hydrogen) atoms. The maximum absolute atomic E-state index is 10.4. The van der Waals surface area contributed by atoms with Crippen LogP contribution in [0.3, 0.4) is 0 Å². The molecule has 0 bridgehead atoms. The second-order valence-electron chi connectivity index (χ2n) is 9.87. The van der Waals surface area contributed by atoms with Gasteiger partial charge in [0.25, 0.3) is 0 Å². The van der Waals surface area contributed by atoms with E-state index >= 15 is 0 Å². The first kappa shape index (κ1) is 20.6. The lowest BCUT2D eigenvalue weighted by atomic mass is 9.94. The van der Waals surface area contributed by atoms with Crippen molar-refractivity contribution in [2.45, 2.75) is 110 Å². The average Bonchev–Trinajstić information content (AvgIpc) is 3.58. The average molecular weight is 373 g/mol. The number of unbranched alkanes of at least 4 members (excludes halogenated alkanes) is 4. The van der Waals surface area contributed by atoms with Gasteiger partial charge in [0.1, 0.15) is 0 Å². The third-order valence-electron chi connectivity index (χ3n) is 7.51. The van der Waals surface area contributed by atoms with Gasteiger partial charge in [0.2, 0.25) is 0 Å². The van der Waals surface area contributed by atoms with E-state index in [1.54, 1.807) is 0 Å². The van der Waals surface area contributed by atoms with Crippen molar-refractivity contribution in [3.63, 3.8) is 0 Å². The third kappa shape index (κ3) is 5.90. The summed E-state index contributed by atoms with van der Waals surface area (Å²) in [6.45, 7) is 4.71. The van der Waals surface area contributed by atoms with E-state index in [0.717, 1.165) is 42.2 Å². The van der Waals surface area contributed by atoms with Crippen molar-refractivity contribution in [2.24, 2.45) is 10.8 Å². The van der Waals surface area contributed by atoms with Gasteiger partial charge in [-0.05, 0) is 86.2 Å². The van der Waals surface area contributed by atoms with Crippen LogP contribution in [0.2, 0.25) is 0 Å². The Hall–Kier alpha value is -1.18. The molecule has 0 aliphatic heterocycles. The summed E-state index contributed by atoms with van der Waals surface area (Å²) in [5.41, 5.74) is 3.15. The van der Waals surface area contributed by atoms with Crippen LogP contribution in [0.5, 0.6) is 11.5 Å². The van der Waals surface area contributed by atoms with Gasteiger partial charge >= 0.3 is 0 Å². The van der Waals surface area contributed by atoms with Crippen molar-refractivity contribution >= 4 is 0 Å². The van der Waals surface area contributed by atoms with E-state index in [2.05, 4.69) is 13.8 Å². The molecule has 2 nitrogen and oxygen atoms in total. The zero-order valence-electron chi connectivity index (χ0n) is 17.7. The van der Waals surface area contributed by atoms with E-state index in [0.29, 0.717) is 5.41 Å². The van der Waals surface area contributed by atoms with Gasteiger partial charge in [-0.25, -0.2) is 0 Å². The highest BCUT2D eigenvalue weighted by atomic mass is 16.3. The minimum Gasteiger partial charge on any atom is -0.504 e. The van der Waals surface area contributed by atoms with Gasteiger partial charge in [0, 0.05) is 0 Å². The van der Waals surface area contributed by atoms with E-state index in [9.17, 15) is 10.2 Å². The minimum atomic E-state index is 0.128. The molecule has 152 valence electrons. The summed E-state index contributed by atoms with van der Waals surface area (Å²) in [5, 5.41) is 20.7. The molecule has 0 unspecified atom stereocenters. The van der Waals surface area contributed by atoms with E-state index < -0.39 is 0 Å². The molecule has 0 spiro atoms. The molecule has 0 saturated heterocycles. The number of benzene rings is 1. The molecular formula is C25H40O2. The Balaban J connectivity index is 1.34. The van der Waals surface area contributed by atoms with Crippen molar-refractivity contribution in [1.29, 1.82) is 0 Å². The largest absolute Gasteiger partial charge is 0.504 e. The van der Waals surface area contributed by atoms with Crippen LogP contribution in [-0.4, -0.2) is 10.2 Å². The molecule has 1 aromatic rings. The van der Waals surface area contributed by atoms with Crippen LogP contribution in [0.15, 0.2) is 12.1 Å². The Morgan fingerprint density at radius 2 is 1.26 bits per heavy atom. The van der Waals surface area contributed by atoms with Crippen molar-refractivity contribution in [1.82, 2.24) is 0 Å². The van der Waals surface area contributed by atoms with Crippen LogP contribution >= 0.6 is 0 Å². The fourth-order valence-electron chi connectivity index (χ4n) is 4.52. The van der Waals surface area contributed by atoms with Gasteiger partial charge in [-0.3, -0.25) is 0 Å². The standard InChI is InChI=1S/C25H40O2/c1-3-25(18-19-25)15-8-5-4-6-10-20-12-13-21(23(27)22(20)26)11-7-9-14-24(2)16-17-24/h12-13,26-27H,3-11,14-19H2,1-2H3. The van der Waals surface area contributed by atoms with Gasteiger partial charge in [-0.15, -0.1) is 0 Å². The second kappa shape index (κ2) is 8.88. The van der Waals surface area contributed by atoms with E-state index in [4.69, 9.17) is 0 Å². The topological polar surface area (TPSA) is 40.5 Å². The number of aryl methyl sites for hydroxylation is 2. The van der Waals surface area contributed by atoms with Crippen LogP contribution in [-0.2, 0) is 12.8 Å². The highest BCUT2D eigenvalue weighted by Gasteiger charge is 2.39. The summed E-state index contributed by atoms with van der Waals surface area (Å²) >= 11 is 0. The summed E-state index contributed by atoms with van der Waals surface area (Å²) in [4.78, 5) is 0. The quantitative estimate of drug-likeness (QED) is 0.282. The monoisotopic (exact) mass is 372 g/mol. The van der Waals surface area contributed by atoms with Crippen LogP contribution in [0.4, 0.5) is 0 Å². The molecule has 0 heterocycles. The van der Waals surface area contributed by atoms with E-state index in [-0.39, 0.29) is 11.5 Å². The molecule has 1 aromatic carbocycles. The van der Waals surface area contributed by atoms with Crippen molar-refractivity contribution < 1.29 is 10.2 Å². The van der Waals surface area contributed by atoms with Crippen LogP contribution in [0.25, 0.3) is 0 Å². The van der Waals surface area contributed by atoms with Crippen molar-refractivity contribution in [2.75, 3.05) is 0 Å². The summed E-state index contributed by atoms with van der Waals surface area (Å²) < 4.78 is 0. The Bertz CT molecular complexity index is 611. The van der Waals surface area contributed by atoms with Crippen LogP contribution in [0.1, 0.15) is 108 Å². The smallest absolute Gasteiger partial charge is 0.160 e. The van der Waals surface area contributed by atoms with Gasteiger partial charge in [-0.1, -0.05) is 58.1 Å². The van der Waals surface area contributed by atoms with Gasteiger partial charge in [0.15, 0.2) is 11.5 Å². The lowest BCUT2D eigenvalue weighted by Gasteiger charge is -2.13. The number of aromatic hydroxyl groups is 2. The third-order valence-corrected chi connectivity index (χ3v) is 7.51. The number of phenols is 2. The first-order valence-electron chi connectivity index (χ1n) is 11.5. The fourth-order valence-corrected chi connectivity index (χ4v) is 4.52. The Kier molecular flexibility index (Phi) is 6.76. The van der Waals surface area contributed by atoms with Crippen LogP contribution < -0.4 is 0 Å². The van der Waals surface area contributed by atoms with Gasteiger partial charge < -0.3 is 10.2 Å². The molecule has 0 atom stereocenters. The normalized spacial score (nSPS) is 19.2. The summed E-state index contributed by atoms with van der Waals surface area (Å²) in [5.74, 6) is 0.258. The highest BCUT2D eigenvalue weighted by Crippen LogP contribution is 2.52. The number of hydrogen-bond donors (Lipinski definition) is 2. The molecule has 0 amide bonds. The second-order valence-corrected chi connectivity index (χ2v) is 9.87. The maximum Gasteiger partial charge on any atom is 0.160 e.